The van der Waals surface area contributed by atoms with Crippen LogP contribution in [0.2, 0.25) is 0 Å². The van der Waals surface area contributed by atoms with E-state index < -0.39 is 11.8 Å². The molecule has 2 nitrogen and oxygen atoms in total. The molecule has 1 aliphatic rings. The number of hydrogen-bond donors (Lipinski definition) is 0. The van der Waals surface area contributed by atoms with Crippen molar-refractivity contribution >= 4 is 5.97 Å². The van der Waals surface area contributed by atoms with Crippen molar-refractivity contribution in [2.24, 2.45) is 5.92 Å². The summed E-state index contributed by atoms with van der Waals surface area (Å²) in [4.78, 5) is 11.9. The molecule has 3 aromatic rings. The fourth-order valence-corrected chi connectivity index (χ4v) is 3.97. The topological polar surface area (TPSA) is 26.3 Å². The molecule has 0 aliphatic carbocycles. The second-order valence-electron chi connectivity index (χ2n) is 7.99. The lowest BCUT2D eigenvalue weighted by Crippen LogP contribution is -2.26. The van der Waals surface area contributed by atoms with Gasteiger partial charge in [-0.1, -0.05) is 69.3 Å². The summed E-state index contributed by atoms with van der Waals surface area (Å²) in [6, 6.07) is 16.3. The van der Waals surface area contributed by atoms with Gasteiger partial charge in [0.2, 0.25) is 0 Å². The molecule has 0 radical (unpaired) electrons. The molecule has 30 heavy (non-hydrogen) atoms. The Kier molecular flexibility index (Phi) is 5.42. The van der Waals surface area contributed by atoms with E-state index in [1.807, 2.05) is 19.1 Å². The van der Waals surface area contributed by atoms with Crippen LogP contribution in [0.25, 0.3) is 11.1 Å². The molecule has 4 rings (SSSR count). The summed E-state index contributed by atoms with van der Waals surface area (Å²) < 4.78 is 35.3. The van der Waals surface area contributed by atoms with Crippen LogP contribution < -0.4 is 4.74 Å². The van der Waals surface area contributed by atoms with Crippen LogP contribution in [0.5, 0.6) is 5.75 Å². The molecule has 4 heteroatoms. The van der Waals surface area contributed by atoms with Crippen LogP contribution in [-0.2, 0) is 17.6 Å². The highest BCUT2D eigenvalue weighted by atomic mass is 19.1. The maximum absolute atomic E-state index is 15.1. The molecule has 154 valence electrons. The van der Waals surface area contributed by atoms with Crippen LogP contribution in [0.3, 0.4) is 0 Å². The summed E-state index contributed by atoms with van der Waals surface area (Å²) >= 11 is 0. The van der Waals surface area contributed by atoms with Crippen LogP contribution in [0.4, 0.5) is 8.78 Å². The standard InChI is InChI=1S/C26H24F2O2/c1-4-17-5-7-18(8-6-17)16(3)21-11-9-19(14-23(21)27)22-12-10-20-13-15(2)26(29)30-25(20)24(22)28/h5-12,14-16H,4,13H2,1-3H3. The third-order valence-corrected chi connectivity index (χ3v) is 5.98. The minimum Gasteiger partial charge on any atom is -0.423 e. The number of benzene rings is 3. The van der Waals surface area contributed by atoms with E-state index in [1.165, 1.54) is 11.6 Å². The van der Waals surface area contributed by atoms with E-state index in [2.05, 4.69) is 19.1 Å². The maximum atomic E-state index is 15.1. The number of aryl methyl sites for hydroxylation is 1. The smallest absolute Gasteiger partial charge is 0.314 e. The Morgan fingerprint density at radius 2 is 1.80 bits per heavy atom. The van der Waals surface area contributed by atoms with Crippen LogP contribution in [0.15, 0.2) is 54.6 Å². The number of carbonyl (C=O) groups excluding carboxylic acids is 1. The number of ether oxygens (including phenoxy) is 1. The highest BCUT2D eigenvalue weighted by molar-refractivity contribution is 5.79. The average molecular weight is 406 g/mol. The van der Waals surface area contributed by atoms with Gasteiger partial charge >= 0.3 is 5.97 Å². The zero-order valence-corrected chi connectivity index (χ0v) is 17.3. The van der Waals surface area contributed by atoms with Gasteiger partial charge in [-0.2, -0.15) is 0 Å². The number of halogens is 2. The summed E-state index contributed by atoms with van der Waals surface area (Å²) in [7, 11) is 0. The summed E-state index contributed by atoms with van der Waals surface area (Å²) in [5.41, 5.74) is 4.12. The van der Waals surface area contributed by atoms with Crippen molar-refractivity contribution < 1.29 is 18.3 Å². The Hall–Kier alpha value is -3.01. The first kappa shape index (κ1) is 20.3. The molecule has 0 amide bonds. The summed E-state index contributed by atoms with van der Waals surface area (Å²) in [5, 5.41) is 0. The van der Waals surface area contributed by atoms with Gasteiger partial charge in [0.05, 0.1) is 5.92 Å². The average Bonchev–Trinajstić information content (AvgIpc) is 2.75. The monoisotopic (exact) mass is 406 g/mol. The van der Waals surface area contributed by atoms with Crippen molar-refractivity contribution in [3.8, 4) is 16.9 Å². The summed E-state index contributed by atoms with van der Waals surface area (Å²) in [5.74, 6) is -1.91. The molecule has 0 saturated carbocycles. The maximum Gasteiger partial charge on any atom is 0.314 e. The molecule has 0 spiro atoms. The first-order valence-electron chi connectivity index (χ1n) is 10.3. The fourth-order valence-electron chi connectivity index (χ4n) is 3.97. The van der Waals surface area contributed by atoms with Crippen molar-refractivity contribution in [2.75, 3.05) is 0 Å². The molecule has 0 N–H and O–H groups in total. The molecule has 2 atom stereocenters. The molecule has 1 aliphatic heterocycles. The van der Waals surface area contributed by atoms with Crippen molar-refractivity contribution in [3.05, 3.63) is 88.5 Å². The lowest BCUT2D eigenvalue weighted by Gasteiger charge is -2.22. The molecule has 0 saturated heterocycles. The SMILES string of the molecule is CCc1ccc(C(C)c2ccc(-c3ccc4c(c3F)OC(=O)C(C)C4)cc2F)cc1. The first-order valence-corrected chi connectivity index (χ1v) is 10.3. The number of carbonyl (C=O) groups is 1. The predicted molar refractivity (Wildman–Crippen MR) is 114 cm³/mol. The summed E-state index contributed by atoms with van der Waals surface area (Å²) in [6.45, 7) is 5.81. The van der Waals surface area contributed by atoms with E-state index in [0.29, 0.717) is 23.1 Å². The largest absolute Gasteiger partial charge is 0.423 e. The highest BCUT2D eigenvalue weighted by Crippen LogP contribution is 2.37. The third-order valence-electron chi connectivity index (χ3n) is 5.98. The Labute approximate surface area is 175 Å². The molecule has 0 fully saturated rings. The Balaban J connectivity index is 1.66. The van der Waals surface area contributed by atoms with Gasteiger partial charge in [-0.3, -0.25) is 4.79 Å². The van der Waals surface area contributed by atoms with Crippen molar-refractivity contribution in [1.29, 1.82) is 0 Å². The van der Waals surface area contributed by atoms with Gasteiger partial charge in [-0.15, -0.1) is 0 Å². The van der Waals surface area contributed by atoms with E-state index in [4.69, 9.17) is 4.74 Å². The van der Waals surface area contributed by atoms with Gasteiger partial charge in [0.25, 0.3) is 0 Å². The molecular formula is C26H24F2O2. The van der Waals surface area contributed by atoms with Gasteiger partial charge in [0.15, 0.2) is 11.6 Å². The van der Waals surface area contributed by atoms with Gasteiger partial charge < -0.3 is 4.74 Å². The summed E-state index contributed by atoms with van der Waals surface area (Å²) in [6.07, 6.45) is 1.39. The van der Waals surface area contributed by atoms with Crippen LogP contribution in [0.1, 0.15) is 48.9 Å². The molecule has 2 unspecified atom stereocenters. The Morgan fingerprint density at radius 3 is 2.47 bits per heavy atom. The molecule has 0 aromatic heterocycles. The highest BCUT2D eigenvalue weighted by Gasteiger charge is 2.28. The minimum absolute atomic E-state index is 0.0375. The fraction of sp³-hybridized carbons (Fsp3) is 0.269. The molecular weight excluding hydrogens is 382 g/mol. The Morgan fingerprint density at radius 1 is 1.07 bits per heavy atom. The quantitative estimate of drug-likeness (QED) is 0.368. The van der Waals surface area contributed by atoms with Gasteiger partial charge in [0, 0.05) is 11.5 Å². The Bertz CT molecular complexity index is 1100. The van der Waals surface area contributed by atoms with Gasteiger partial charge in [-0.05, 0) is 46.7 Å². The predicted octanol–water partition coefficient (Wildman–Crippen LogP) is 6.44. The number of hydrogen-bond acceptors (Lipinski definition) is 2. The molecule has 3 aromatic carbocycles. The molecule has 0 bridgehead atoms. The van der Waals surface area contributed by atoms with Crippen molar-refractivity contribution in [2.45, 2.75) is 39.5 Å². The normalized spacial score (nSPS) is 16.7. The van der Waals surface area contributed by atoms with Crippen LogP contribution in [0, 0.1) is 17.6 Å². The van der Waals surface area contributed by atoms with Crippen molar-refractivity contribution in [1.82, 2.24) is 0 Å². The lowest BCUT2D eigenvalue weighted by atomic mass is 9.90. The lowest BCUT2D eigenvalue weighted by molar-refractivity contribution is -0.139. The number of fused-ring (bicyclic) bond motifs is 1. The van der Waals surface area contributed by atoms with Crippen LogP contribution in [-0.4, -0.2) is 5.97 Å². The molecule has 1 heterocycles. The van der Waals surface area contributed by atoms with E-state index in [1.54, 1.807) is 31.2 Å². The van der Waals surface area contributed by atoms with E-state index >= 15 is 4.39 Å². The van der Waals surface area contributed by atoms with Gasteiger partial charge in [0.1, 0.15) is 5.82 Å². The van der Waals surface area contributed by atoms with Crippen LogP contribution >= 0.6 is 0 Å². The zero-order chi connectivity index (χ0) is 21.4. The van der Waals surface area contributed by atoms with E-state index in [-0.39, 0.29) is 29.0 Å². The zero-order valence-electron chi connectivity index (χ0n) is 17.3. The van der Waals surface area contributed by atoms with E-state index in [9.17, 15) is 9.18 Å². The van der Waals surface area contributed by atoms with Gasteiger partial charge in [-0.25, -0.2) is 8.78 Å². The number of esters is 1. The van der Waals surface area contributed by atoms with E-state index in [0.717, 1.165) is 12.0 Å². The number of rotatable bonds is 4. The van der Waals surface area contributed by atoms with Crippen molar-refractivity contribution in [3.63, 3.8) is 0 Å². The second kappa shape index (κ2) is 8.02. The first-order chi connectivity index (χ1) is 14.4. The third kappa shape index (κ3) is 3.62. The minimum atomic E-state index is -0.622. The second-order valence-corrected chi connectivity index (χ2v) is 7.99.